The van der Waals surface area contributed by atoms with E-state index in [1.54, 1.807) is 31.6 Å². The van der Waals surface area contributed by atoms with Crippen LogP contribution in [0.2, 0.25) is 5.02 Å². The van der Waals surface area contributed by atoms with E-state index in [0.29, 0.717) is 22.4 Å². The number of rotatable bonds is 3. The van der Waals surface area contributed by atoms with Gasteiger partial charge in [-0.2, -0.15) is 0 Å². The van der Waals surface area contributed by atoms with E-state index in [2.05, 4.69) is 20.5 Å². The Labute approximate surface area is 121 Å². The summed E-state index contributed by atoms with van der Waals surface area (Å²) in [5.41, 5.74) is 5.75. The summed E-state index contributed by atoms with van der Waals surface area (Å²) in [6, 6.07) is 9.05. The first-order chi connectivity index (χ1) is 9.78. The second kappa shape index (κ2) is 5.30. The molecule has 1 aromatic carbocycles. The maximum absolute atomic E-state index is 6.09. The molecule has 0 bridgehead atoms. The Morgan fingerprint density at radius 3 is 2.50 bits per heavy atom. The van der Waals surface area contributed by atoms with E-state index in [4.69, 9.17) is 16.3 Å². The zero-order valence-electron chi connectivity index (χ0n) is 10.6. The fourth-order valence-corrected chi connectivity index (χ4v) is 2.05. The molecule has 6 heteroatoms. The third-order valence-corrected chi connectivity index (χ3v) is 3.10. The molecule has 0 spiro atoms. The normalized spacial score (nSPS) is 13.5. The van der Waals surface area contributed by atoms with Crippen molar-refractivity contribution in [2.24, 2.45) is 10.1 Å². The van der Waals surface area contributed by atoms with Crippen molar-refractivity contribution in [3.05, 3.63) is 58.9 Å². The second-order valence-electron chi connectivity index (χ2n) is 4.04. The van der Waals surface area contributed by atoms with Gasteiger partial charge in [0.2, 0.25) is 0 Å². The fourth-order valence-electron chi connectivity index (χ4n) is 1.79. The zero-order chi connectivity index (χ0) is 13.9. The van der Waals surface area contributed by atoms with Gasteiger partial charge in [-0.25, -0.2) is 4.99 Å². The molecule has 2 heterocycles. The van der Waals surface area contributed by atoms with Gasteiger partial charge >= 0.3 is 0 Å². The molecule has 0 unspecified atom stereocenters. The molecule has 5 nitrogen and oxygen atoms in total. The number of aromatic nitrogens is 1. The topological polar surface area (TPSA) is 60.9 Å². The lowest BCUT2D eigenvalue weighted by Gasteiger charge is -2.04. The second-order valence-corrected chi connectivity index (χ2v) is 4.45. The average Bonchev–Trinajstić information content (AvgIpc) is 2.98. The number of hydrogen-bond acceptors (Lipinski definition) is 4. The van der Waals surface area contributed by atoms with Crippen LogP contribution in [-0.4, -0.2) is 23.8 Å². The van der Waals surface area contributed by atoms with Crippen molar-refractivity contribution in [3.63, 3.8) is 0 Å². The summed E-state index contributed by atoms with van der Waals surface area (Å²) in [5, 5.41) is 4.59. The predicted octanol–water partition coefficient (Wildman–Crippen LogP) is 2.47. The highest BCUT2D eigenvalue weighted by molar-refractivity contribution is 6.32. The monoisotopic (exact) mass is 285 g/mol. The Balaban J connectivity index is 1.89. The van der Waals surface area contributed by atoms with Crippen LogP contribution < -0.4 is 10.2 Å². The smallest absolute Gasteiger partial charge is 0.184 e. The van der Waals surface area contributed by atoms with Crippen LogP contribution in [0.15, 0.2) is 52.8 Å². The van der Waals surface area contributed by atoms with E-state index < -0.39 is 0 Å². The fraction of sp³-hybridized carbons (Fsp3) is 0.0714. The van der Waals surface area contributed by atoms with Gasteiger partial charge in [0.1, 0.15) is 5.75 Å². The minimum atomic E-state index is 0.514. The maximum Gasteiger partial charge on any atom is 0.184 e. The van der Waals surface area contributed by atoms with Crippen LogP contribution in [0.3, 0.4) is 0 Å². The summed E-state index contributed by atoms with van der Waals surface area (Å²) in [6.45, 7) is 0. The van der Waals surface area contributed by atoms with Gasteiger partial charge in [-0.3, -0.25) is 4.98 Å². The summed E-state index contributed by atoms with van der Waals surface area (Å²) in [4.78, 5) is 8.36. The average molecular weight is 286 g/mol. The number of pyridine rings is 1. The van der Waals surface area contributed by atoms with Crippen molar-refractivity contribution in [1.29, 1.82) is 0 Å². The number of benzene rings is 1. The Morgan fingerprint density at radius 2 is 1.80 bits per heavy atom. The van der Waals surface area contributed by atoms with Crippen LogP contribution in [0.4, 0.5) is 0 Å². The molecule has 0 saturated carbocycles. The Hall–Kier alpha value is -2.40. The van der Waals surface area contributed by atoms with Crippen molar-refractivity contribution >= 4 is 23.3 Å². The number of methoxy groups -OCH3 is 1. The molecule has 0 saturated heterocycles. The highest BCUT2D eigenvalue weighted by atomic mass is 35.5. The lowest BCUT2D eigenvalue weighted by molar-refractivity contribution is 0.415. The molecule has 1 radical (unpaired) electrons. The number of nitrogens with zero attached hydrogens (tertiary/aromatic N) is 4. The lowest BCUT2D eigenvalue weighted by atomic mass is 10.2. The Kier molecular flexibility index (Phi) is 3.35. The van der Waals surface area contributed by atoms with Gasteiger partial charge in [0.15, 0.2) is 11.7 Å². The molecule has 1 aliphatic heterocycles. The van der Waals surface area contributed by atoms with Crippen LogP contribution in [0.5, 0.6) is 5.75 Å². The largest absolute Gasteiger partial charge is 0.495 e. The quantitative estimate of drug-likeness (QED) is 0.870. The molecule has 0 atom stereocenters. The number of ether oxygens (including phenoxy) is 1. The van der Waals surface area contributed by atoms with Crippen LogP contribution in [0.1, 0.15) is 11.1 Å². The molecule has 0 N–H and O–H groups in total. The Bertz CT molecular complexity index is 698. The predicted molar refractivity (Wildman–Crippen MR) is 77.4 cm³/mol. The van der Waals surface area contributed by atoms with Crippen LogP contribution in [0.25, 0.3) is 0 Å². The highest BCUT2D eigenvalue weighted by Gasteiger charge is 2.16. The van der Waals surface area contributed by atoms with Crippen molar-refractivity contribution in [2.75, 3.05) is 7.11 Å². The molecular formula is C14H10ClN4O. The van der Waals surface area contributed by atoms with Crippen molar-refractivity contribution in [2.45, 2.75) is 0 Å². The molecule has 0 fully saturated rings. The molecule has 1 aliphatic rings. The lowest BCUT2D eigenvalue weighted by Crippen LogP contribution is -2.07. The van der Waals surface area contributed by atoms with Crippen LogP contribution in [-0.2, 0) is 0 Å². The van der Waals surface area contributed by atoms with Crippen molar-refractivity contribution < 1.29 is 4.74 Å². The van der Waals surface area contributed by atoms with Gasteiger partial charge in [0, 0.05) is 23.5 Å². The molecule has 20 heavy (non-hydrogen) atoms. The van der Waals surface area contributed by atoms with E-state index in [-0.39, 0.29) is 0 Å². The summed E-state index contributed by atoms with van der Waals surface area (Å²) >= 11 is 6.09. The first-order valence-electron chi connectivity index (χ1n) is 5.89. The van der Waals surface area contributed by atoms with Crippen LogP contribution >= 0.6 is 11.6 Å². The highest BCUT2D eigenvalue weighted by Crippen LogP contribution is 2.25. The SMILES string of the molecule is COc1ccc(C2=NC(c3ccncc3)=N[N]2)cc1Cl. The van der Waals surface area contributed by atoms with Gasteiger partial charge in [-0.05, 0) is 30.3 Å². The minimum Gasteiger partial charge on any atom is -0.495 e. The molecule has 1 aromatic heterocycles. The third-order valence-electron chi connectivity index (χ3n) is 2.80. The number of hydrogen-bond donors (Lipinski definition) is 0. The van der Waals surface area contributed by atoms with Gasteiger partial charge < -0.3 is 4.74 Å². The third kappa shape index (κ3) is 2.35. The molecule has 0 amide bonds. The maximum atomic E-state index is 6.09. The zero-order valence-corrected chi connectivity index (χ0v) is 11.4. The Morgan fingerprint density at radius 1 is 1.00 bits per heavy atom. The van der Waals surface area contributed by atoms with Gasteiger partial charge in [0.05, 0.1) is 12.1 Å². The van der Waals surface area contributed by atoms with Crippen LogP contribution in [0, 0.1) is 0 Å². The van der Waals surface area contributed by atoms with Crippen molar-refractivity contribution in [3.8, 4) is 5.75 Å². The minimum absolute atomic E-state index is 0.514. The van der Waals surface area contributed by atoms with E-state index in [1.807, 2.05) is 18.2 Å². The van der Waals surface area contributed by atoms with E-state index in [9.17, 15) is 0 Å². The molecule has 2 aromatic rings. The van der Waals surface area contributed by atoms with Gasteiger partial charge in [0.25, 0.3) is 0 Å². The van der Waals surface area contributed by atoms with Crippen molar-refractivity contribution in [1.82, 2.24) is 10.4 Å². The first kappa shape index (κ1) is 12.6. The van der Waals surface area contributed by atoms with E-state index in [0.717, 1.165) is 11.1 Å². The summed E-state index contributed by atoms with van der Waals surface area (Å²) in [6.07, 6.45) is 3.38. The molecule has 99 valence electrons. The summed E-state index contributed by atoms with van der Waals surface area (Å²) < 4.78 is 5.12. The first-order valence-corrected chi connectivity index (χ1v) is 6.27. The van der Waals surface area contributed by atoms with Gasteiger partial charge in [-0.15, -0.1) is 10.5 Å². The number of amidine groups is 2. The molecule has 0 aliphatic carbocycles. The number of aliphatic imine (C=N–C) groups is 1. The standard InChI is InChI=1S/C14H10ClN4O/c1-20-12-3-2-10(8-11(12)15)14-17-13(18-19-14)9-4-6-16-7-5-9/h2-8H,1H3. The molecule has 3 rings (SSSR count). The summed E-state index contributed by atoms with van der Waals surface area (Å²) in [5.74, 6) is 1.71. The van der Waals surface area contributed by atoms with E-state index in [1.165, 1.54) is 0 Å². The van der Waals surface area contributed by atoms with Gasteiger partial charge in [-0.1, -0.05) is 11.6 Å². The summed E-state index contributed by atoms with van der Waals surface area (Å²) in [7, 11) is 1.57. The van der Waals surface area contributed by atoms with E-state index >= 15 is 0 Å². The number of halogens is 1. The molecular weight excluding hydrogens is 276 g/mol.